The summed E-state index contributed by atoms with van der Waals surface area (Å²) in [5.74, 6) is 0.349. The molecule has 0 aliphatic carbocycles. The SMILES string of the molecule is CC(C)CN[C@@H]1CN(c2ccc(O)cc2)S(=O)(=O)c2cc(S(N)(=O)=O)sc21. The summed E-state index contributed by atoms with van der Waals surface area (Å²) in [4.78, 5) is 0.381. The molecule has 0 spiro atoms. The maximum absolute atomic E-state index is 13.1. The monoisotopic (exact) mass is 431 g/mol. The van der Waals surface area contributed by atoms with Crippen molar-refractivity contribution in [3.05, 3.63) is 35.2 Å². The molecular weight excluding hydrogens is 410 g/mol. The lowest BCUT2D eigenvalue weighted by Gasteiger charge is -2.34. The first-order valence-electron chi connectivity index (χ1n) is 8.22. The molecule has 148 valence electrons. The predicted octanol–water partition coefficient (Wildman–Crippen LogP) is 1.60. The Morgan fingerprint density at radius 2 is 1.96 bits per heavy atom. The highest BCUT2D eigenvalue weighted by atomic mass is 32.2. The molecule has 1 aliphatic rings. The minimum Gasteiger partial charge on any atom is -0.508 e. The number of nitrogens with two attached hydrogens (primary N) is 1. The van der Waals surface area contributed by atoms with Gasteiger partial charge in [0.25, 0.3) is 10.0 Å². The van der Waals surface area contributed by atoms with Crippen molar-refractivity contribution in [1.82, 2.24) is 5.32 Å². The average Bonchev–Trinajstić information content (AvgIpc) is 3.02. The number of primary sulfonamides is 1. The van der Waals surface area contributed by atoms with E-state index in [2.05, 4.69) is 5.32 Å². The van der Waals surface area contributed by atoms with Gasteiger partial charge in [0.05, 0.1) is 18.3 Å². The van der Waals surface area contributed by atoms with Gasteiger partial charge in [-0.3, -0.25) is 4.31 Å². The van der Waals surface area contributed by atoms with E-state index in [1.165, 1.54) is 28.6 Å². The van der Waals surface area contributed by atoms with Crippen LogP contribution in [0.4, 0.5) is 5.69 Å². The maximum Gasteiger partial charge on any atom is 0.265 e. The van der Waals surface area contributed by atoms with Crippen molar-refractivity contribution in [3.63, 3.8) is 0 Å². The van der Waals surface area contributed by atoms with Crippen LogP contribution in [-0.4, -0.2) is 35.0 Å². The Bertz CT molecular complexity index is 1040. The number of hydrogen-bond acceptors (Lipinski definition) is 7. The van der Waals surface area contributed by atoms with Gasteiger partial charge in [0.2, 0.25) is 10.0 Å². The van der Waals surface area contributed by atoms with Gasteiger partial charge in [-0.25, -0.2) is 22.0 Å². The number of nitrogens with one attached hydrogen (secondary N) is 1. The normalized spacial score (nSPS) is 19.3. The summed E-state index contributed by atoms with van der Waals surface area (Å²) in [5, 5.41) is 18.0. The second-order valence-corrected chi connectivity index (χ2v) is 11.4. The Kier molecular flexibility index (Phi) is 5.25. The van der Waals surface area contributed by atoms with E-state index >= 15 is 0 Å². The Morgan fingerprint density at radius 1 is 1.33 bits per heavy atom. The first-order valence-corrected chi connectivity index (χ1v) is 12.0. The Morgan fingerprint density at radius 3 is 2.52 bits per heavy atom. The quantitative estimate of drug-likeness (QED) is 0.659. The third-order valence-electron chi connectivity index (χ3n) is 4.13. The zero-order valence-corrected chi connectivity index (χ0v) is 17.2. The molecule has 0 bridgehead atoms. The van der Waals surface area contributed by atoms with Gasteiger partial charge in [0.1, 0.15) is 14.9 Å². The van der Waals surface area contributed by atoms with E-state index in [9.17, 15) is 21.9 Å². The van der Waals surface area contributed by atoms with Crippen LogP contribution in [0.25, 0.3) is 0 Å². The summed E-state index contributed by atoms with van der Waals surface area (Å²) in [6, 6.07) is 6.57. The van der Waals surface area contributed by atoms with Crippen LogP contribution in [0.1, 0.15) is 24.8 Å². The molecule has 3 rings (SSSR count). The lowest BCUT2D eigenvalue weighted by molar-refractivity contribution is 0.468. The molecule has 11 heteroatoms. The topological polar surface area (TPSA) is 130 Å². The second-order valence-electron chi connectivity index (χ2n) is 6.75. The van der Waals surface area contributed by atoms with Gasteiger partial charge < -0.3 is 10.4 Å². The minimum absolute atomic E-state index is 0.0235. The average molecular weight is 432 g/mol. The van der Waals surface area contributed by atoms with Crippen molar-refractivity contribution in [2.45, 2.75) is 29.0 Å². The van der Waals surface area contributed by atoms with Crippen LogP contribution in [0.3, 0.4) is 0 Å². The molecule has 0 unspecified atom stereocenters. The van der Waals surface area contributed by atoms with Gasteiger partial charge in [-0.15, -0.1) is 11.3 Å². The van der Waals surface area contributed by atoms with Crippen LogP contribution in [0.5, 0.6) is 5.75 Å². The highest BCUT2D eigenvalue weighted by Gasteiger charge is 2.40. The Balaban J connectivity index is 2.12. The van der Waals surface area contributed by atoms with Gasteiger partial charge in [0.15, 0.2) is 0 Å². The fourth-order valence-electron chi connectivity index (χ4n) is 2.81. The Hall–Kier alpha value is -1.66. The van der Waals surface area contributed by atoms with E-state index in [0.29, 0.717) is 23.0 Å². The van der Waals surface area contributed by atoms with Gasteiger partial charge in [-0.1, -0.05) is 13.8 Å². The molecule has 2 aromatic rings. The molecule has 8 nitrogen and oxygen atoms in total. The molecule has 1 aromatic carbocycles. The summed E-state index contributed by atoms with van der Waals surface area (Å²) >= 11 is 0.883. The van der Waals surface area contributed by atoms with Crippen LogP contribution in [0, 0.1) is 5.92 Å². The number of phenolic OH excluding ortho intramolecular Hbond substituents is 1. The van der Waals surface area contributed by atoms with Crippen molar-refractivity contribution in [2.75, 3.05) is 17.4 Å². The lowest BCUT2D eigenvalue weighted by Crippen LogP contribution is -2.44. The zero-order chi connectivity index (χ0) is 20.0. The number of benzene rings is 1. The summed E-state index contributed by atoms with van der Waals surface area (Å²) in [6.45, 7) is 4.79. The molecule has 4 N–H and O–H groups in total. The van der Waals surface area contributed by atoms with Gasteiger partial charge in [-0.2, -0.15) is 0 Å². The van der Waals surface area contributed by atoms with Crippen LogP contribution in [0.15, 0.2) is 39.4 Å². The molecule has 0 amide bonds. The van der Waals surface area contributed by atoms with E-state index in [4.69, 9.17) is 5.14 Å². The molecule has 27 heavy (non-hydrogen) atoms. The van der Waals surface area contributed by atoms with E-state index in [0.717, 1.165) is 17.4 Å². The van der Waals surface area contributed by atoms with E-state index < -0.39 is 20.0 Å². The molecule has 1 atom stereocenters. The minimum atomic E-state index is -4.01. The van der Waals surface area contributed by atoms with Crippen molar-refractivity contribution >= 4 is 37.1 Å². The second kappa shape index (κ2) is 7.06. The molecule has 0 saturated carbocycles. The van der Waals surface area contributed by atoms with E-state index in [1.807, 2.05) is 13.8 Å². The summed E-state index contributed by atoms with van der Waals surface area (Å²) in [5.41, 5.74) is 0.387. The lowest BCUT2D eigenvalue weighted by atomic mass is 10.1. The van der Waals surface area contributed by atoms with Crippen molar-refractivity contribution in [3.8, 4) is 5.75 Å². The first-order chi connectivity index (χ1) is 12.5. The third kappa shape index (κ3) is 3.97. The fourth-order valence-corrected chi connectivity index (χ4v) is 6.92. The van der Waals surface area contributed by atoms with Gasteiger partial charge in [0, 0.05) is 4.88 Å². The molecule has 0 radical (unpaired) electrons. The molecule has 2 heterocycles. The van der Waals surface area contributed by atoms with Crippen LogP contribution >= 0.6 is 11.3 Å². The first kappa shape index (κ1) is 20.1. The number of anilines is 1. The number of fused-ring (bicyclic) bond motifs is 1. The fraction of sp³-hybridized carbons (Fsp3) is 0.375. The predicted molar refractivity (Wildman–Crippen MR) is 104 cm³/mol. The Labute approximate surface area is 162 Å². The number of rotatable bonds is 5. The highest BCUT2D eigenvalue weighted by molar-refractivity contribution is 7.93. The molecule has 0 saturated heterocycles. The number of aromatic hydroxyl groups is 1. The summed E-state index contributed by atoms with van der Waals surface area (Å²) < 4.78 is 50.8. The largest absolute Gasteiger partial charge is 0.508 e. The van der Waals surface area contributed by atoms with E-state index in [-0.39, 0.29) is 27.4 Å². The smallest absolute Gasteiger partial charge is 0.265 e. The third-order valence-corrected chi connectivity index (χ3v) is 8.76. The number of hydrogen-bond donors (Lipinski definition) is 3. The molecular formula is C16H21N3O5S3. The highest BCUT2D eigenvalue weighted by Crippen LogP contribution is 2.41. The summed E-state index contributed by atoms with van der Waals surface area (Å²) in [6.07, 6.45) is 0. The molecule has 1 aromatic heterocycles. The van der Waals surface area contributed by atoms with Crippen LogP contribution in [-0.2, 0) is 20.0 Å². The van der Waals surface area contributed by atoms with Crippen molar-refractivity contribution in [1.29, 1.82) is 0 Å². The maximum atomic E-state index is 13.1. The number of thiophene rings is 1. The number of sulfonamides is 2. The van der Waals surface area contributed by atoms with Gasteiger partial charge >= 0.3 is 0 Å². The molecule has 1 aliphatic heterocycles. The standard InChI is InChI=1S/C16H21N3O5S3/c1-10(2)8-18-13-9-19(11-3-5-12(20)6-4-11)27(23,24)14-7-15(25-16(13)14)26(17,21)22/h3-7,10,13,18,20H,8-9H2,1-2H3,(H2,17,21,22)/t13-/m1/s1. The van der Waals surface area contributed by atoms with Crippen molar-refractivity contribution in [2.24, 2.45) is 11.1 Å². The molecule has 0 fully saturated rings. The zero-order valence-electron chi connectivity index (χ0n) is 14.8. The summed E-state index contributed by atoms with van der Waals surface area (Å²) in [7, 11) is -7.97. The van der Waals surface area contributed by atoms with Crippen molar-refractivity contribution < 1.29 is 21.9 Å². The number of nitrogens with zero attached hydrogens (tertiary/aromatic N) is 1. The number of phenols is 1. The van der Waals surface area contributed by atoms with Crippen LogP contribution in [0.2, 0.25) is 0 Å². The van der Waals surface area contributed by atoms with Crippen LogP contribution < -0.4 is 14.8 Å². The van der Waals surface area contributed by atoms with E-state index in [1.54, 1.807) is 0 Å². The van der Waals surface area contributed by atoms with Gasteiger partial charge in [-0.05, 0) is 42.8 Å².